The van der Waals surface area contributed by atoms with Gasteiger partial charge in [-0.25, -0.2) is 14.4 Å². The highest BCUT2D eigenvalue weighted by Gasteiger charge is 2.29. The molecule has 2 fully saturated rings. The van der Waals surface area contributed by atoms with Crippen molar-refractivity contribution < 1.29 is 4.39 Å². The number of rotatable bonds is 4. The molecular weight excluding hydrogens is 413 g/mol. The first-order valence-corrected chi connectivity index (χ1v) is 12.3. The second-order valence-electron chi connectivity index (χ2n) is 9.73. The van der Waals surface area contributed by atoms with E-state index in [0.717, 1.165) is 46.2 Å². The largest absolute Gasteiger partial charge is 0.367 e. The van der Waals surface area contributed by atoms with Crippen LogP contribution in [0.25, 0.3) is 22.3 Å². The van der Waals surface area contributed by atoms with Gasteiger partial charge in [0.15, 0.2) is 0 Å². The fourth-order valence-electron chi connectivity index (χ4n) is 5.90. The third kappa shape index (κ3) is 4.12. The van der Waals surface area contributed by atoms with Crippen molar-refractivity contribution in [2.45, 2.75) is 63.5 Å². The molecule has 5 nitrogen and oxygen atoms in total. The van der Waals surface area contributed by atoms with Crippen LogP contribution in [-0.2, 0) is 6.42 Å². The Bertz CT molecular complexity index is 1150. The van der Waals surface area contributed by atoms with Crippen molar-refractivity contribution in [2.75, 3.05) is 18.4 Å². The molecule has 0 unspecified atom stereocenters. The van der Waals surface area contributed by atoms with Crippen LogP contribution >= 0.6 is 0 Å². The van der Waals surface area contributed by atoms with Crippen LogP contribution in [0.1, 0.15) is 56.2 Å². The number of hydrogen-bond acceptors (Lipinski definition) is 5. The summed E-state index contributed by atoms with van der Waals surface area (Å²) < 4.78 is 13.7. The van der Waals surface area contributed by atoms with Gasteiger partial charge in [-0.1, -0.05) is 18.6 Å². The average molecular weight is 444 g/mol. The third-order valence-corrected chi connectivity index (χ3v) is 7.65. The molecule has 2 aromatic heterocycles. The SMILES string of the molecule is Fc1cncc(-c2ccc3c(c2)-c2c(ncnc2NC2CCC(N4CCCCC4)CC2)C3)c1. The third-order valence-electron chi connectivity index (χ3n) is 7.65. The van der Waals surface area contributed by atoms with Gasteiger partial charge < -0.3 is 10.2 Å². The molecule has 6 rings (SSSR count). The fraction of sp³-hybridized carbons (Fsp3) is 0.444. The van der Waals surface area contributed by atoms with Gasteiger partial charge >= 0.3 is 0 Å². The molecule has 1 saturated heterocycles. The summed E-state index contributed by atoms with van der Waals surface area (Å²) in [5, 5.41) is 3.77. The van der Waals surface area contributed by atoms with Crippen molar-refractivity contribution in [3.05, 3.63) is 60.1 Å². The van der Waals surface area contributed by atoms with Gasteiger partial charge in [0.05, 0.1) is 11.9 Å². The molecule has 1 aromatic carbocycles. The predicted molar refractivity (Wildman–Crippen MR) is 129 cm³/mol. The smallest absolute Gasteiger partial charge is 0.142 e. The number of halogens is 1. The van der Waals surface area contributed by atoms with E-state index in [0.29, 0.717) is 6.04 Å². The number of pyridine rings is 1. The molecule has 1 saturated carbocycles. The van der Waals surface area contributed by atoms with Crippen molar-refractivity contribution in [3.63, 3.8) is 0 Å². The zero-order valence-corrected chi connectivity index (χ0v) is 18.9. The van der Waals surface area contributed by atoms with Crippen LogP contribution in [0.2, 0.25) is 0 Å². The van der Waals surface area contributed by atoms with Crippen molar-refractivity contribution in [3.8, 4) is 22.3 Å². The van der Waals surface area contributed by atoms with Gasteiger partial charge in [0.25, 0.3) is 0 Å². The number of fused-ring (bicyclic) bond motifs is 3. The molecule has 0 amide bonds. The van der Waals surface area contributed by atoms with Crippen LogP contribution in [0, 0.1) is 5.82 Å². The Morgan fingerprint density at radius 1 is 0.909 bits per heavy atom. The van der Waals surface area contributed by atoms with Crippen LogP contribution in [0.4, 0.5) is 10.2 Å². The number of piperidine rings is 1. The van der Waals surface area contributed by atoms with E-state index in [1.807, 2.05) is 6.07 Å². The lowest BCUT2D eigenvalue weighted by atomic mass is 9.89. The van der Waals surface area contributed by atoms with E-state index >= 15 is 0 Å². The number of nitrogens with zero attached hydrogens (tertiary/aromatic N) is 4. The molecule has 0 spiro atoms. The number of aromatic nitrogens is 3. The molecule has 3 heterocycles. The van der Waals surface area contributed by atoms with Gasteiger partial charge in [-0.2, -0.15) is 0 Å². The van der Waals surface area contributed by atoms with Gasteiger partial charge in [0, 0.05) is 35.8 Å². The Balaban J connectivity index is 1.22. The maximum Gasteiger partial charge on any atom is 0.142 e. The predicted octanol–water partition coefficient (Wildman–Crippen LogP) is 5.46. The highest BCUT2D eigenvalue weighted by molar-refractivity contribution is 5.86. The zero-order valence-electron chi connectivity index (χ0n) is 18.9. The van der Waals surface area contributed by atoms with Gasteiger partial charge in [0.2, 0.25) is 0 Å². The molecule has 0 radical (unpaired) electrons. The molecule has 6 heteroatoms. The number of likely N-dealkylation sites (tertiary alicyclic amines) is 1. The highest BCUT2D eigenvalue weighted by atomic mass is 19.1. The van der Waals surface area contributed by atoms with E-state index in [-0.39, 0.29) is 5.82 Å². The number of nitrogens with one attached hydrogen (secondary N) is 1. The van der Waals surface area contributed by atoms with Crippen LogP contribution in [0.5, 0.6) is 0 Å². The van der Waals surface area contributed by atoms with E-state index in [9.17, 15) is 4.39 Å². The monoisotopic (exact) mass is 443 g/mol. The normalized spacial score (nSPS) is 22.6. The van der Waals surface area contributed by atoms with Gasteiger partial charge in [-0.15, -0.1) is 0 Å². The Hall–Kier alpha value is -2.86. The first kappa shape index (κ1) is 20.7. The summed E-state index contributed by atoms with van der Waals surface area (Å²) >= 11 is 0. The van der Waals surface area contributed by atoms with Crippen LogP contribution < -0.4 is 5.32 Å². The highest BCUT2D eigenvalue weighted by Crippen LogP contribution is 2.42. The van der Waals surface area contributed by atoms with Crippen LogP contribution in [0.15, 0.2) is 43.0 Å². The Kier molecular flexibility index (Phi) is 5.54. The van der Waals surface area contributed by atoms with E-state index in [1.165, 1.54) is 75.9 Å². The molecule has 170 valence electrons. The lowest BCUT2D eigenvalue weighted by molar-refractivity contribution is 0.127. The molecule has 3 aromatic rings. The first-order chi connectivity index (χ1) is 16.2. The Morgan fingerprint density at radius 3 is 2.58 bits per heavy atom. The number of hydrogen-bond donors (Lipinski definition) is 1. The lowest BCUT2D eigenvalue weighted by Gasteiger charge is -2.39. The van der Waals surface area contributed by atoms with E-state index in [2.05, 4.69) is 37.3 Å². The standard InChI is InChI=1S/C27H30FN5/c28-21-12-20(15-29-16-21)18-4-5-19-14-25-26(24(19)13-18)27(31-17-30-25)32-22-6-8-23(9-7-22)33-10-2-1-3-11-33/h4-5,12-13,15-17,22-23H,1-3,6-11,14H2,(H,30,31,32). The quantitative estimate of drug-likeness (QED) is 0.454. The number of anilines is 1. The fourth-order valence-corrected chi connectivity index (χ4v) is 5.90. The molecule has 0 atom stereocenters. The van der Waals surface area contributed by atoms with Crippen molar-refractivity contribution in [2.24, 2.45) is 0 Å². The molecule has 3 aliphatic rings. The minimum atomic E-state index is -0.320. The maximum absolute atomic E-state index is 13.7. The van der Waals surface area contributed by atoms with Crippen LogP contribution in [-0.4, -0.2) is 45.0 Å². The minimum Gasteiger partial charge on any atom is -0.367 e. The summed E-state index contributed by atoms with van der Waals surface area (Å²) in [5.74, 6) is 0.619. The average Bonchev–Trinajstić information content (AvgIpc) is 3.24. The summed E-state index contributed by atoms with van der Waals surface area (Å²) in [5.41, 5.74) is 6.32. The van der Waals surface area contributed by atoms with E-state index < -0.39 is 0 Å². The van der Waals surface area contributed by atoms with E-state index in [4.69, 9.17) is 0 Å². The molecule has 1 aliphatic heterocycles. The lowest BCUT2D eigenvalue weighted by Crippen LogP contribution is -2.43. The molecule has 1 N–H and O–H groups in total. The summed E-state index contributed by atoms with van der Waals surface area (Å²) in [7, 11) is 0. The number of benzene rings is 1. The van der Waals surface area contributed by atoms with Gasteiger partial charge in [-0.3, -0.25) is 4.98 Å². The summed E-state index contributed by atoms with van der Waals surface area (Å²) in [6.45, 7) is 2.56. The maximum atomic E-state index is 13.7. The second-order valence-corrected chi connectivity index (χ2v) is 9.73. The zero-order chi connectivity index (χ0) is 22.2. The van der Waals surface area contributed by atoms with E-state index in [1.54, 1.807) is 12.5 Å². The van der Waals surface area contributed by atoms with Gasteiger partial charge in [0.1, 0.15) is 18.0 Å². The molecule has 33 heavy (non-hydrogen) atoms. The van der Waals surface area contributed by atoms with Crippen molar-refractivity contribution in [1.29, 1.82) is 0 Å². The van der Waals surface area contributed by atoms with Crippen LogP contribution in [0.3, 0.4) is 0 Å². The Labute approximate surface area is 194 Å². The molecule has 2 aliphatic carbocycles. The summed E-state index contributed by atoms with van der Waals surface area (Å²) in [6.07, 6.45) is 14.4. The summed E-state index contributed by atoms with van der Waals surface area (Å²) in [6, 6.07) is 9.05. The minimum absolute atomic E-state index is 0.320. The summed E-state index contributed by atoms with van der Waals surface area (Å²) in [4.78, 5) is 16.0. The van der Waals surface area contributed by atoms with Crippen molar-refractivity contribution in [1.82, 2.24) is 19.9 Å². The second kappa shape index (κ2) is 8.82. The molecule has 0 bridgehead atoms. The van der Waals surface area contributed by atoms with Crippen molar-refractivity contribution >= 4 is 5.82 Å². The van der Waals surface area contributed by atoms with Gasteiger partial charge in [-0.05, 0) is 80.4 Å². The molecular formula is C27H30FN5. The first-order valence-electron chi connectivity index (χ1n) is 12.3. The topological polar surface area (TPSA) is 53.9 Å². The Morgan fingerprint density at radius 2 is 1.76 bits per heavy atom.